The van der Waals surface area contributed by atoms with Crippen molar-refractivity contribution in [3.05, 3.63) is 77.4 Å². The highest BCUT2D eigenvalue weighted by Crippen LogP contribution is 2.12. The Morgan fingerprint density at radius 1 is 1.21 bits per heavy atom. The molecule has 0 aliphatic heterocycles. The van der Waals surface area contributed by atoms with Crippen molar-refractivity contribution in [1.82, 2.24) is 5.43 Å². The second kappa shape index (κ2) is 8.67. The van der Waals surface area contributed by atoms with E-state index < -0.39 is 0 Å². The van der Waals surface area contributed by atoms with E-state index in [-0.39, 0.29) is 5.91 Å². The molecule has 1 amide bonds. The van der Waals surface area contributed by atoms with Gasteiger partial charge in [0.1, 0.15) is 12.4 Å². The van der Waals surface area contributed by atoms with Crippen LogP contribution in [-0.2, 0) is 11.2 Å². The van der Waals surface area contributed by atoms with Crippen molar-refractivity contribution in [2.45, 2.75) is 20.3 Å². The minimum Gasteiger partial charge on any atom is -0.490 e. The maximum absolute atomic E-state index is 11.9. The van der Waals surface area contributed by atoms with E-state index in [1.54, 1.807) is 12.3 Å². The standard InChI is InChI=1S/C20H22N2O2/c1-4-10-24-19-7-5-6-18(12-19)14-21-22-20(23)13-17-9-8-15(2)16(3)11-17/h4-9,11-12,14H,1,10,13H2,2-3H3,(H,22,23)/b21-14-. The molecule has 2 rings (SSSR count). The molecule has 0 spiro atoms. The summed E-state index contributed by atoms with van der Waals surface area (Å²) in [6, 6.07) is 13.5. The summed E-state index contributed by atoms with van der Waals surface area (Å²) in [4.78, 5) is 11.9. The third-order valence-corrected chi connectivity index (χ3v) is 3.56. The fraction of sp³-hybridized carbons (Fsp3) is 0.200. The summed E-state index contributed by atoms with van der Waals surface area (Å²) in [6.45, 7) is 8.15. The van der Waals surface area contributed by atoms with Crippen LogP contribution in [0.4, 0.5) is 0 Å². The summed E-state index contributed by atoms with van der Waals surface area (Å²) in [5.41, 5.74) is 6.78. The van der Waals surface area contributed by atoms with E-state index >= 15 is 0 Å². The number of benzene rings is 2. The Labute approximate surface area is 142 Å². The number of carbonyl (C=O) groups is 1. The largest absolute Gasteiger partial charge is 0.490 e. The molecule has 0 atom stereocenters. The minimum absolute atomic E-state index is 0.145. The average molecular weight is 322 g/mol. The van der Waals surface area contributed by atoms with Gasteiger partial charge >= 0.3 is 0 Å². The van der Waals surface area contributed by atoms with Gasteiger partial charge < -0.3 is 4.74 Å². The first-order valence-electron chi connectivity index (χ1n) is 7.80. The second-order valence-corrected chi connectivity index (χ2v) is 5.56. The normalized spacial score (nSPS) is 10.6. The Morgan fingerprint density at radius 2 is 2.04 bits per heavy atom. The number of carbonyl (C=O) groups excluding carboxylic acids is 1. The lowest BCUT2D eigenvalue weighted by atomic mass is 10.0. The molecule has 0 heterocycles. The van der Waals surface area contributed by atoms with Crippen LogP contribution in [0.3, 0.4) is 0 Å². The van der Waals surface area contributed by atoms with Crippen molar-refractivity contribution in [3.63, 3.8) is 0 Å². The predicted octanol–water partition coefficient (Wildman–Crippen LogP) is 3.56. The van der Waals surface area contributed by atoms with E-state index in [9.17, 15) is 4.79 Å². The number of ether oxygens (including phenoxy) is 1. The second-order valence-electron chi connectivity index (χ2n) is 5.56. The van der Waals surface area contributed by atoms with Gasteiger partial charge in [0, 0.05) is 0 Å². The third kappa shape index (κ3) is 5.39. The van der Waals surface area contributed by atoms with Gasteiger partial charge in [-0.15, -0.1) is 0 Å². The number of amides is 1. The van der Waals surface area contributed by atoms with Gasteiger partial charge in [0.05, 0.1) is 12.6 Å². The smallest absolute Gasteiger partial charge is 0.244 e. The average Bonchev–Trinajstić information content (AvgIpc) is 2.57. The van der Waals surface area contributed by atoms with Crippen molar-refractivity contribution in [2.24, 2.45) is 5.10 Å². The molecule has 2 aromatic carbocycles. The van der Waals surface area contributed by atoms with Crippen molar-refractivity contribution < 1.29 is 9.53 Å². The van der Waals surface area contributed by atoms with Gasteiger partial charge in [0.15, 0.2) is 0 Å². The molecule has 0 aromatic heterocycles. The molecular weight excluding hydrogens is 300 g/mol. The van der Waals surface area contributed by atoms with Crippen LogP contribution < -0.4 is 10.2 Å². The Morgan fingerprint density at radius 3 is 2.79 bits per heavy atom. The predicted molar refractivity (Wildman–Crippen MR) is 97.5 cm³/mol. The Balaban J connectivity index is 1.89. The lowest BCUT2D eigenvalue weighted by molar-refractivity contribution is -0.120. The summed E-state index contributed by atoms with van der Waals surface area (Å²) in [5.74, 6) is 0.592. The maximum Gasteiger partial charge on any atom is 0.244 e. The van der Waals surface area contributed by atoms with Crippen LogP contribution in [0.5, 0.6) is 5.75 Å². The summed E-state index contributed by atoms with van der Waals surface area (Å²) in [7, 11) is 0. The number of nitrogens with one attached hydrogen (secondary N) is 1. The number of hydrazone groups is 1. The van der Waals surface area contributed by atoms with Crippen LogP contribution in [-0.4, -0.2) is 18.7 Å². The van der Waals surface area contributed by atoms with E-state index in [2.05, 4.69) is 24.0 Å². The zero-order valence-corrected chi connectivity index (χ0v) is 14.1. The molecule has 0 unspecified atom stereocenters. The Kier molecular flexibility index (Phi) is 6.32. The van der Waals surface area contributed by atoms with Crippen LogP contribution in [0, 0.1) is 13.8 Å². The van der Waals surface area contributed by atoms with Gasteiger partial charge in [-0.2, -0.15) is 5.10 Å². The fourth-order valence-corrected chi connectivity index (χ4v) is 2.16. The first-order chi connectivity index (χ1) is 11.6. The van der Waals surface area contributed by atoms with Gasteiger partial charge in [-0.3, -0.25) is 4.79 Å². The van der Waals surface area contributed by atoms with Crippen molar-refractivity contribution >= 4 is 12.1 Å². The number of nitrogens with zero attached hydrogens (tertiary/aromatic N) is 1. The fourth-order valence-electron chi connectivity index (χ4n) is 2.16. The molecule has 0 saturated heterocycles. The van der Waals surface area contributed by atoms with Crippen molar-refractivity contribution in [1.29, 1.82) is 0 Å². The summed E-state index contributed by atoms with van der Waals surface area (Å²) in [6.07, 6.45) is 3.59. The molecular formula is C20H22N2O2. The lowest BCUT2D eigenvalue weighted by Gasteiger charge is -2.05. The van der Waals surface area contributed by atoms with Gasteiger partial charge in [0.25, 0.3) is 0 Å². The molecule has 4 heteroatoms. The van der Waals surface area contributed by atoms with Gasteiger partial charge in [-0.1, -0.05) is 43.0 Å². The van der Waals surface area contributed by atoms with Gasteiger partial charge in [-0.05, 0) is 48.2 Å². The van der Waals surface area contributed by atoms with Crippen molar-refractivity contribution in [2.75, 3.05) is 6.61 Å². The molecule has 0 aliphatic rings. The van der Waals surface area contributed by atoms with E-state index in [0.29, 0.717) is 13.0 Å². The van der Waals surface area contributed by atoms with Crippen molar-refractivity contribution in [3.8, 4) is 5.75 Å². The molecule has 2 aromatic rings. The molecule has 0 radical (unpaired) electrons. The van der Waals surface area contributed by atoms with E-state index in [1.165, 1.54) is 11.1 Å². The molecule has 0 fully saturated rings. The zero-order valence-electron chi connectivity index (χ0n) is 14.1. The van der Waals surface area contributed by atoms with Gasteiger partial charge in [0.2, 0.25) is 5.91 Å². The summed E-state index contributed by atoms with van der Waals surface area (Å²) >= 11 is 0. The lowest BCUT2D eigenvalue weighted by Crippen LogP contribution is -2.19. The third-order valence-electron chi connectivity index (χ3n) is 3.56. The van der Waals surface area contributed by atoms with E-state index in [1.807, 2.05) is 49.4 Å². The van der Waals surface area contributed by atoms with Crippen LogP contribution in [0.25, 0.3) is 0 Å². The SMILES string of the molecule is C=CCOc1cccc(/C=N\NC(=O)Cc2ccc(C)c(C)c2)c1. The van der Waals surface area contributed by atoms with Crippen LogP contribution >= 0.6 is 0 Å². The molecule has 4 nitrogen and oxygen atoms in total. The highest BCUT2D eigenvalue weighted by atomic mass is 16.5. The molecule has 124 valence electrons. The van der Waals surface area contributed by atoms with E-state index in [4.69, 9.17) is 4.74 Å². The first-order valence-corrected chi connectivity index (χ1v) is 7.80. The van der Waals surface area contributed by atoms with Crippen LogP contribution in [0.2, 0.25) is 0 Å². The summed E-state index contributed by atoms with van der Waals surface area (Å²) < 4.78 is 5.46. The van der Waals surface area contributed by atoms with Crippen LogP contribution in [0.1, 0.15) is 22.3 Å². The highest BCUT2D eigenvalue weighted by Gasteiger charge is 2.03. The molecule has 0 saturated carbocycles. The minimum atomic E-state index is -0.145. The Bertz CT molecular complexity index is 751. The number of hydrogen-bond acceptors (Lipinski definition) is 3. The molecule has 0 aliphatic carbocycles. The quantitative estimate of drug-likeness (QED) is 0.481. The molecule has 24 heavy (non-hydrogen) atoms. The highest BCUT2D eigenvalue weighted by molar-refractivity contribution is 5.83. The number of aryl methyl sites for hydroxylation is 2. The Hall–Kier alpha value is -2.88. The monoisotopic (exact) mass is 322 g/mol. The van der Waals surface area contributed by atoms with Gasteiger partial charge in [-0.25, -0.2) is 5.43 Å². The number of rotatable bonds is 7. The first kappa shape index (κ1) is 17.5. The topological polar surface area (TPSA) is 50.7 Å². The van der Waals surface area contributed by atoms with E-state index in [0.717, 1.165) is 16.9 Å². The van der Waals surface area contributed by atoms with Crippen LogP contribution in [0.15, 0.2) is 60.2 Å². The molecule has 0 bridgehead atoms. The number of hydrogen-bond donors (Lipinski definition) is 1. The summed E-state index contributed by atoms with van der Waals surface area (Å²) in [5, 5.41) is 4.00. The zero-order chi connectivity index (χ0) is 17.4. The maximum atomic E-state index is 11.9. The molecule has 1 N–H and O–H groups in total.